The van der Waals surface area contributed by atoms with Gasteiger partial charge in [-0.2, -0.15) is 0 Å². The molecule has 3 rings (SSSR count). The molecule has 0 aliphatic carbocycles. The molecule has 3 aromatic rings. The molecule has 5 heteroatoms. The summed E-state index contributed by atoms with van der Waals surface area (Å²) >= 11 is 0. The lowest BCUT2D eigenvalue weighted by Gasteiger charge is -2.07. The third-order valence-electron chi connectivity index (χ3n) is 5.11. The molecule has 0 saturated heterocycles. The summed E-state index contributed by atoms with van der Waals surface area (Å²) < 4.78 is 14.5. The average molecular weight is 419 g/mol. The van der Waals surface area contributed by atoms with Crippen molar-refractivity contribution in [1.82, 2.24) is 5.32 Å². The number of rotatable bonds is 10. The van der Waals surface area contributed by atoms with E-state index in [1.165, 1.54) is 0 Å². The van der Waals surface area contributed by atoms with Crippen LogP contribution in [0.25, 0.3) is 11.1 Å². The van der Waals surface area contributed by atoms with Crippen molar-refractivity contribution < 1.29 is 14.3 Å². The molecule has 0 aliphatic heterocycles. The lowest BCUT2D eigenvalue weighted by Crippen LogP contribution is -2.17. The highest BCUT2D eigenvalue weighted by Gasteiger charge is 2.05. The molecule has 0 radical (unpaired) electrons. The van der Waals surface area contributed by atoms with Crippen LogP contribution in [0, 0.1) is 5.82 Å². The van der Waals surface area contributed by atoms with Crippen LogP contribution in [0.4, 0.5) is 4.39 Å². The molecule has 0 fully saturated rings. The Morgan fingerprint density at radius 3 is 2.42 bits per heavy atom. The quantitative estimate of drug-likeness (QED) is 0.355. The van der Waals surface area contributed by atoms with Gasteiger partial charge < -0.3 is 10.4 Å². The van der Waals surface area contributed by atoms with Crippen LogP contribution in [0.1, 0.15) is 30.0 Å². The first kappa shape index (κ1) is 22.4. The Bertz CT molecular complexity index is 1030. The predicted molar refractivity (Wildman–Crippen MR) is 123 cm³/mol. The number of nitrogens with zero attached hydrogens (tertiary/aromatic N) is 1. The van der Waals surface area contributed by atoms with Gasteiger partial charge in [-0.1, -0.05) is 66.7 Å². The van der Waals surface area contributed by atoms with Crippen LogP contribution < -0.4 is 5.32 Å². The maximum Gasteiger partial charge on any atom is 0.304 e. The highest BCUT2D eigenvalue weighted by Crippen LogP contribution is 2.22. The van der Waals surface area contributed by atoms with E-state index in [1.54, 1.807) is 6.07 Å². The van der Waals surface area contributed by atoms with Gasteiger partial charge in [0.2, 0.25) is 0 Å². The molecule has 0 atom stereocenters. The molecule has 0 unspecified atom stereocenters. The van der Waals surface area contributed by atoms with Gasteiger partial charge in [-0.05, 0) is 47.2 Å². The molecule has 0 aliphatic rings. The molecular weight excluding hydrogens is 391 g/mol. The molecule has 0 saturated carbocycles. The zero-order valence-corrected chi connectivity index (χ0v) is 17.6. The van der Waals surface area contributed by atoms with E-state index in [0.29, 0.717) is 31.6 Å². The van der Waals surface area contributed by atoms with Crippen LogP contribution >= 0.6 is 0 Å². The molecule has 160 valence electrons. The van der Waals surface area contributed by atoms with Gasteiger partial charge in [-0.15, -0.1) is 0 Å². The summed E-state index contributed by atoms with van der Waals surface area (Å²) in [5, 5.41) is 11.8. The SMILES string of the molecule is CC(=NCCc1ccc(-c2ccccc2)cc1F)c1ccc(CNCCC(=O)O)cc1. The topological polar surface area (TPSA) is 61.7 Å². The van der Waals surface area contributed by atoms with E-state index in [2.05, 4.69) is 10.3 Å². The van der Waals surface area contributed by atoms with Gasteiger partial charge in [0.15, 0.2) is 0 Å². The van der Waals surface area contributed by atoms with Crippen LogP contribution in [-0.4, -0.2) is 29.9 Å². The minimum Gasteiger partial charge on any atom is -0.481 e. The number of halogens is 1. The summed E-state index contributed by atoms with van der Waals surface area (Å²) in [5.74, 6) is -1.00. The zero-order valence-electron chi connectivity index (χ0n) is 17.6. The number of hydrogen-bond acceptors (Lipinski definition) is 3. The first-order valence-electron chi connectivity index (χ1n) is 10.4. The third-order valence-corrected chi connectivity index (χ3v) is 5.11. The van der Waals surface area contributed by atoms with Crippen LogP contribution in [0.2, 0.25) is 0 Å². The van der Waals surface area contributed by atoms with Crippen LogP contribution in [0.5, 0.6) is 0 Å². The second-order valence-corrected chi connectivity index (χ2v) is 7.41. The molecular formula is C26H27FN2O2. The highest BCUT2D eigenvalue weighted by atomic mass is 19.1. The van der Waals surface area contributed by atoms with E-state index in [0.717, 1.165) is 28.0 Å². The number of aliphatic carboxylic acids is 1. The van der Waals surface area contributed by atoms with Gasteiger partial charge in [0.1, 0.15) is 5.82 Å². The Morgan fingerprint density at radius 2 is 1.74 bits per heavy atom. The van der Waals surface area contributed by atoms with Crippen molar-refractivity contribution in [2.75, 3.05) is 13.1 Å². The first-order valence-corrected chi connectivity index (χ1v) is 10.4. The van der Waals surface area contributed by atoms with Crippen molar-refractivity contribution in [3.8, 4) is 11.1 Å². The van der Waals surface area contributed by atoms with Crippen molar-refractivity contribution in [1.29, 1.82) is 0 Å². The van der Waals surface area contributed by atoms with Crippen molar-refractivity contribution in [2.24, 2.45) is 4.99 Å². The van der Waals surface area contributed by atoms with Crippen molar-refractivity contribution in [3.63, 3.8) is 0 Å². The van der Waals surface area contributed by atoms with E-state index < -0.39 is 5.97 Å². The molecule has 0 heterocycles. The van der Waals surface area contributed by atoms with Crippen molar-refractivity contribution >= 4 is 11.7 Å². The number of carbonyl (C=O) groups is 1. The van der Waals surface area contributed by atoms with Crippen molar-refractivity contribution in [3.05, 3.63) is 95.3 Å². The van der Waals surface area contributed by atoms with E-state index in [9.17, 15) is 9.18 Å². The minimum absolute atomic E-state index is 0.111. The second-order valence-electron chi connectivity index (χ2n) is 7.41. The fraction of sp³-hybridized carbons (Fsp3) is 0.231. The Kier molecular flexibility index (Phi) is 8.07. The smallest absolute Gasteiger partial charge is 0.304 e. The van der Waals surface area contributed by atoms with Crippen LogP contribution in [0.3, 0.4) is 0 Å². The van der Waals surface area contributed by atoms with E-state index in [1.807, 2.05) is 73.7 Å². The normalized spacial score (nSPS) is 11.5. The third kappa shape index (κ3) is 6.86. The molecule has 0 spiro atoms. The second kappa shape index (κ2) is 11.2. The summed E-state index contributed by atoms with van der Waals surface area (Å²) in [7, 11) is 0. The van der Waals surface area contributed by atoms with E-state index in [4.69, 9.17) is 5.11 Å². The van der Waals surface area contributed by atoms with Gasteiger partial charge in [-0.25, -0.2) is 4.39 Å². The fourth-order valence-corrected chi connectivity index (χ4v) is 3.29. The van der Waals surface area contributed by atoms with Crippen LogP contribution in [0.15, 0.2) is 77.8 Å². The summed E-state index contributed by atoms with van der Waals surface area (Å²) in [5.41, 5.74) is 5.56. The largest absolute Gasteiger partial charge is 0.481 e. The standard InChI is InChI=1S/C26H27FN2O2/c1-19(21-9-7-20(8-10-21)18-28-15-14-26(30)31)29-16-13-23-11-12-24(17-25(23)27)22-5-3-2-4-6-22/h2-12,17,28H,13-16,18H2,1H3,(H,30,31). The molecule has 3 aromatic carbocycles. The van der Waals surface area contributed by atoms with Crippen LogP contribution in [-0.2, 0) is 17.8 Å². The summed E-state index contributed by atoms with van der Waals surface area (Å²) in [4.78, 5) is 15.1. The van der Waals surface area contributed by atoms with Gasteiger partial charge in [0, 0.05) is 25.3 Å². The molecule has 0 bridgehead atoms. The summed E-state index contributed by atoms with van der Waals surface area (Å²) in [6, 6.07) is 23.2. The van der Waals surface area contributed by atoms with Crippen molar-refractivity contribution in [2.45, 2.75) is 26.3 Å². The first-order chi connectivity index (χ1) is 15.0. The Labute approximate surface area is 182 Å². The summed E-state index contributed by atoms with van der Waals surface area (Å²) in [6.07, 6.45) is 0.656. The lowest BCUT2D eigenvalue weighted by molar-refractivity contribution is -0.136. The lowest BCUT2D eigenvalue weighted by atomic mass is 10.0. The number of nitrogens with one attached hydrogen (secondary N) is 1. The summed E-state index contributed by atoms with van der Waals surface area (Å²) in [6.45, 7) is 3.55. The molecule has 2 N–H and O–H groups in total. The fourth-order valence-electron chi connectivity index (χ4n) is 3.29. The molecule has 0 amide bonds. The number of hydrogen-bond donors (Lipinski definition) is 2. The average Bonchev–Trinajstić information content (AvgIpc) is 2.78. The maximum absolute atomic E-state index is 14.5. The Hall–Kier alpha value is -3.31. The Balaban J connectivity index is 1.53. The minimum atomic E-state index is -0.804. The number of benzene rings is 3. The number of aliphatic imine (C=N–C) groups is 1. The molecule has 0 aromatic heterocycles. The molecule has 31 heavy (non-hydrogen) atoms. The van der Waals surface area contributed by atoms with Gasteiger partial charge in [-0.3, -0.25) is 9.79 Å². The number of carboxylic acids is 1. The maximum atomic E-state index is 14.5. The van der Waals surface area contributed by atoms with Gasteiger partial charge >= 0.3 is 5.97 Å². The van der Waals surface area contributed by atoms with Gasteiger partial charge in [0.05, 0.1) is 6.42 Å². The monoisotopic (exact) mass is 418 g/mol. The van der Waals surface area contributed by atoms with E-state index in [-0.39, 0.29) is 12.2 Å². The van der Waals surface area contributed by atoms with E-state index >= 15 is 0 Å². The molecule has 4 nitrogen and oxygen atoms in total. The Morgan fingerprint density at radius 1 is 1.00 bits per heavy atom. The highest BCUT2D eigenvalue weighted by molar-refractivity contribution is 5.98. The zero-order chi connectivity index (χ0) is 22.1. The van der Waals surface area contributed by atoms with Gasteiger partial charge in [0.25, 0.3) is 0 Å². The number of carboxylic acid groups (broad SMARTS) is 1. The predicted octanol–water partition coefficient (Wildman–Crippen LogP) is 5.11.